The van der Waals surface area contributed by atoms with E-state index < -0.39 is 0 Å². The van der Waals surface area contributed by atoms with Gasteiger partial charge in [-0.3, -0.25) is 4.79 Å². The molecule has 3 saturated heterocycles. The molecule has 3 aliphatic rings. The zero-order valence-corrected chi connectivity index (χ0v) is 9.58. The zero-order valence-electron chi connectivity index (χ0n) is 9.58. The lowest BCUT2D eigenvalue weighted by molar-refractivity contribution is -0.125. The second kappa shape index (κ2) is 4.34. The Kier molecular flexibility index (Phi) is 2.86. The quantitative estimate of drug-likeness (QED) is 0.715. The van der Waals surface area contributed by atoms with Gasteiger partial charge >= 0.3 is 0 Å². The van der Waals surface area contributed by atoms with Crippen molar-refractivity contribution < 1.29 is 9.53 Å². The van der Waals surface area contributed by atoms with Gasteiger partial charge in [0, 0.05) is 24.7 Å². The van der Waals surface area contributed by atoms with E-state index in [1.54, 1.807) is 0 Å². The van der Waals surface area contributed by atoms with Gasteiger partial charge in [-0.05, 0) is 32.1 Å². The van der Waals surface area contributed by atoms with Crippen molar-refractivity contribution in [1.29, 1.82) is 0 Å². The summed E-state index contributed by atoms with van der Waals surface area (Å²) in [7, 11) is 0. The summed E-state index contributed by atoms with van der Waals surface area (Å²) in [6.45, 7) is 1.36. The van der Waals surface area contributed by atoms with E-state index in [1.807, 2.05) is 0 Å². The van der Waals surface area contributed by atoms with Crippen LogP contribution in [0.25, 0.3) is 0 Å². The minimum Gasteiger partial charge on any atom is -0.381 e. The van der Waals surface area contributed by atoms with Crippen LogP contribution in [0.3, 0.4) is 0 Å². The number of rotatable bonds is 2. The Balaban J connectivity index is 1.52. The molecule has 0 aliphatic carbocycles. The fourth-order valence-corrected chi connectivity index (χ4v) is 3.24. The normalized spacial score (nSPS) is 42.2. The van der Waals surface area contributed by atoms with E-state index in [0.29, 0.717) is 24.7 Å². The monoisotopic (exact) mass is 224 g/mol. The lowest BCUT2D eigenvalue weighted by Gasteiger charge is -2.30. The Morgan fingerprint density at radius 3 is 2.56 bits per heavy atom. The summed E-state index contributed by atoms with van der Waals surface area (Å²) >= 11 is 0. The maximum atomic E-state index is 11.9. The number of hydrogen-bond donors (Lipinski definition) is 2. The van der Waals surface area contributed by atoms with Gasteiger partial charge < -0.3 is 15.4 Å². The molecule has 16 heavy (non-hydrogen) atoms. The first kappa shape index (κ1) is 10.5. The van der Waals surface area contributed by atoms with Crippen molar-refractivity contribution in [2.45, 2.75) is 50.2 Å². The SMILES string of the molecule is O=C(NC1CC2CCC(C1)N2)C1CCOC1. The highest BCUT2D eigenvalue weighted by molar-refractivity contribution is 5.79. The van der Waals surface area contributed by atoms with Gasteiger partial charge in [-0.25, -0.2) is 0 Å². The molecule has 3 aliphatic heterocycles. The average Bonchev–Trinajstić information content (AvgIpc) is 2.88. The fourth-order valence-electron chi connectivity index (χ4n) is 3.24. The van der Waals surface area contributed by atoms with E-state index in [0.717, 1.165) is 25.9 Å². The van der Waals surface area contributed by atoms with Crippen molar-refractivity contribution in [3.05, 3.63) is 0 Å². The first-order valence-electron chi connectivity index (χ1n) is 6.45. The Morgan fingerprint density at radius 1 is 1.19 bits per heavy atom. The average molecular weight is 224 g/mol. The smallest absolute Gasteiger partial charge is 0.225 e. The molecule has 4 nitrogen and oxygen atoms in total. The van der Waals surface area contributed by atoms with Gasteiger partial charge in [-0.1, -0.05) is 0 Å². The summed E-state index contributed by atoms with van der Waals surface area (Å²) < 4.78 is 5.25. The van der Waals surface area contributed by atoms with Crippen LogP contribution in [0.2, 0.25) is 0 Å². The van der Waals surface area contributed by atoms with E-state index in [1.165, 1.54) is 12.8 Å². The predicted octanol–water partition coefficient (Wildman–Crippen LogP) is 0.422. The molecular formula is C12H20N2O2. The van der Waals surface area contributed by atoms with E-state index in [4.69, 9.17) is 4.74 Å². The molecule has 3 heterocycles. The highest BCUT2D eigenvalue weighted by Crippen LogP contribution is 2.27. The van der Waals surface area contributed by atoms with Crippen LogP contribution in [0.5, 0.6) is 0 Å². The molecule has 0 aromatic carbocycles. The van der Waals surface area contributed by atoms with Gasteiger partial charge in [0.05, 0.1) is 12.5 Å². The molecule has 0 radical (unpaired) electrons. The van der Waals surface area contributed by atoms with Crippen LogP contribution in [0.4, 0.5) is 0 Å². The van der Waals surface area contributed by atoms with Crippen molar-refractivity contribution >= 4 is 5.91 Å². The molecule has 3 unspecified atom stereocenters. The highest BCUT2D eigenvalue weighted by Gasteiger charge is 2.35. The lowest BCUT2D eigenvalue weighted by Crippen LogP contribution is -2.49. The van der Waals surface area contributed by atoms with Crippen LogP contribution in [0, 0.1) is 5.92 Å². The molecule has 2 N–H and O–H groups in total. The first-order valence-corrected chi connectivity index (χ1v) is 6.45. The summed E-state index contributed by atoms with van der Waals surface area (Å²) in [6.07, 6.45) is 5.67. The Morgan fingerprint density at radius 2 is 1.94 bits per heavy atom. The summed E-state index contributed by atoms with van der Waals surface area (Å²) in [5, 5.41) is 6.79. The molecule has 90 valence electrons. The molecule has 0 spiro atoms. The molecule has 0 aromatic heterocycles. The predicted molar refractivity (Wildman–Crippen MR) is 60.0 cm³/mol. The van der Waals surface area contributed by atoms with Gasteiger partial charge in [0.15, 0.2) is 0 Å². The van der Waals surface area contributed by atoms with Crippen LogP contribution in [-0.4, -0.2) is 37.2 Å². The third-order valence-corrected chi connectivity index (χ3v) is 4.12. The maximum absolute atomic E-state index is 11.9. The Labute approximate surface area is 96.1 Å². The van der Waals surface area contributed by atoms with Crippen molar-refractivity contribution in [2.24, 2.45) is 5.92 Å². The number of fused-ring (bicyclic) bond motifs is 2. The maximum Gasteiger partial charge on any atom is 0.225 e. The van der Waals surface area contributed by atoms with E-state index in [2.05, 4.69) is 10.6 Å². The number of amides is 1. The van der Waals surface area contributed by atoms with Gasteiger partial charge in [-0.15, -0.1) is 0 Å². The molecule has 3 rings (SSSR count). The summed E-state index contributed by atoms with van der Waals surface area (Å²) in [5.41, 5.74) is 0. The van der Waals surface area contributed by atoms with Crippen LogP contribution in [-0.2, 0) is 9.53 Å². The topological polar surface area (TPSA) is 50.4 Å². The summed E-state index contributed by atoms with van der Waals surface area (Å²) in [6, 6.07) is 1.68. The van der Waals surface area contributed by atoms with Crippen molar-refractivity contribution in [2.75, 3.05) is 13.2 Å². The molecule has 3 fully saturated rings. The highest BCUT2D eigenvalue weighted by atomic mass is 16.5. The molecular weight excluding hydrogens is 204 g/mol. The third kappa shape index (κ3) is 2.09. The Bertz CT molecular complexity index is 264. The second-order valence-corrected chi connectivity index (χ2v) is 5.38. The zero-order chi connectivity index (χ0) is 11.0. The molecule has 1 amide bonds. The minimum absolute atomic E-state index is 0.104. The van der Waals surface area contributed by atoms with Crippen molar-refractivity contribution in [3.63, 3.8) is 0 Å². The van der Waals surface area contributed by atoms with Crippen molar-refractivity contribution in [3.8, 4) is 0 Å². The van der Waals surface area contributed by atoms with Gasteiger partial charge in [-0.2, -0.15) is 0 Å². The van der Waals surface area contributed by atoms with Crippen LogP contribution in [0.15, 0.2) is 0 Å². The van der Waals surface area contributed by atoms with Crippen LogP contribution >= 0.6 is 0 Å². The van der Waals surface area contributed by atoms with Gasteiger partial charge in [0.1, 0.15) is 0 Å². The van der Waals surface area contributed by atoms with Crippen molar-refractivity contribution in [1.82, 2.24) is 10.6 Å². The van der Waals surface area contributed by atoms with Crippen LogP contribution in [0.1, 0.15) is 32.1 Å². The number of ether oxygens (including phenoxy) is 1. The number of carbonyl (C=O) groups is 1. The van der Waals surface area contributed by atoms with Gasteiger partial charge in [0.2, 0.25) is 5.91 Å². The summed E-state index contributed by atoms with van der Waals surface area (Å²) in [4.78, 5) is 11.9. The van der Waals surface area contributed by atoms with E-state index in [9.17, 15) is 4.79 Å². The number of hydrogen-bond acceptors (Lipinski definition) is 3. The van der Waals surface area contributed by atoms with Gasteiger partial charge in [0.25, 0.3) is 0 Å². The summed E-state index contributed by atoms with van der Waals surface area (Å²) in [5.74, 6) is 0.316. The van der Waals surface area contributed by atoms with Crippen LogP contribution < -0.4 is 10.6 Å². The largest absolute Gasteiger partial charge is 0.381 e. The number of carbonyl (C=O) groups excluding carboxylic acids is 1. The third-order valence-electron chi connectivity index (χ3n) is 4.12. The number of nitrogens with one attached hydrogen (secondary N) is 2. The fraction of sp³-hybridized carbons (Fsp3) is 0.917. The lowest BCUT2D eigenvalue weighted by atomic mass is 9.98. The molecule has 2 bridgehead atoms. The molecule has 4 heteroatoms. The second-order valence-electron chi connectivity index (χ2n) is 5.38. The number of piperidine rings is 1. The van der Waals surface area contributed by atoms with E-state index in [-0.39, 0.29) is 11.8 Å². The minimum atomic E-state index is 0.104. The standard InChI is InChI=1S/C12H20N2O2/c15-12(8-3-4-16-7-8)14-11-5-9-1-2-10(6-11)13-9/h8-11,13H,1-7H2,(H,14,15). The Hall–Kier alpha value is -0.610. The van der Waals surface area contributed by atoms with E-state index >= 15 is 0 Å². The first-order chi connectivity index (χ1) is 7.81. The molecule has 3 atom stereocenters. The molecule has 0 saturated carbocycles. The molecule has 0 aromatic rings.